The molecule has 1 unspecified atom stereocenters. The normalized spacial score (nSPS) is 12.9. The average Bonchev–Trinajstić information content (AvgIpc) is 2.59. The highest BCUT2D eigenvalue weighted by Gasteiger charge is 2.21. The van der Waals surface area contributed by atoms with Gasteiger partial charge in [0.2, 0.25) is 5.91 Å². The van der Waals surface area contributed by atoms with Crippen molar-refractivity contribution < 1.29 is 4.79 Å². The Kier molecular flexibility index (Phi) is 4.50. The van der Waals surface area contributed by atoms with Crippen molar-refractivity contribution in [2.45, 2.75) is 46.3 Å². The van der Waals surface area contributed by atoms with Crippen LogP contribution in [-0.4, -0.2) is 22.9 Å². The Bertz CT molecular complexity index is 358. The van der Waals surface area contributed by atoms with Crippen LogP contribution in [0.25, 0.3) is 0 Å². The van der Waals surface area contributed by atoms with Crippen molar-refractivity contribution in [2.75, 3.05) is 0 Å². The molecule has 90 valence electrons. The lowest BCUT2D eigenvalue weighted by molar-refractivity contribution is -0.134. The van der Waals surface area contributed by atoms with Crippen LogP contribution in [0.15, 0.2) is 11.4 Å². The zero-order chi connectivity index (χ0) is 12.3. The Morgan fingerprint density at radius 2 is 2.12 bits per heavy atom. The molecular formula is C12H20N2OS. The minimum absolute atomic E-state index is 0.0165. The fourth-order valence-electron chi connectivity index (χ4n) is 1.50. The Hall–Kier alpha value is -0.870. The number of amides is 1. The Morgan fingerprint density at radius 1 is 1.50 bits per heavy atom. The van der Waals surface area contributed by atoms with Gasteiger partial charge in [0.15, 0.2) is 0 Å². The maximum Gasteiger partial charge on any atom is 0.239 e. The second kappa shape index (κ2) is 5.46. The highest BCUT2D eigenvalue weighted by Crippen LogP contribution is 2.19. The lowest BCUT2D eigenvalue weighted by Gasteiger charge is -2.28. The summed E-state index contributed by atoms with van der Waals surface area (Å²) in [5, 5.41) is 2.06. The minimum Gasteiger partial charge on any atom is -0.334 e. The van der Waals surface area contributed by atoms with E-state index in [0.717, 1.165) is 0 Å². The molecule has 1 aromatic heterocycles. The number of hydrogen-bond acceptors (Lipinski definition) is 3. The van der Waals surface area contributed by atoms with Gasteiger partial charge in [0.05, 0.1) is 12.6 Å². The molecular weight excluding hydrogens is 220 g/mol. The van der Waals surface area contributed by atoms with Crippen LogP contribution in [0.3, 0.4) is 0 Å². The van der Waals surface area contributed by atoms with E-state index in [0.29, 0.717) is 6.54 Å². The minimum atomic E-state index is -0.428. The van der Waals surface area contributed by atoms with Gasteiger partial charge in [-0.25, -0.2) is 0 Å². The first-order valence-electron chi connectivity index (χ1n) is 5.52. The van der Waals surface area contributed by atoms with Crippen LogP contribution in [0.5, 0.6) is 0 Å². The standard InChI is InChI=1S/C12H20N2OS/c1-8(2)14(12(15)10(4)13)7-11-9(3)5-6-16-11/h5-6,8,10H,7,13H2,1-4H3. The number of aryl methyl sites for hydroxylation is 1. The maximum atomic E-state index is 11.9. The number of nitrogens with zero attached hydrogens (tertiary/aromatic N) is 1. The quantitative estimate of drug-likeness (QED) is 0.876. The van der Waals surface area contributed by atoms with Crippen LogP contribution in [0, 0.1) is 6.92 Å². The zero-order valence-electron chi connectivity index (χ0n) is 10.4. The zero-order valence-corrected chi connectivity index (χ0v) is 11.2. The molecule has 1 rings (SSSR count). The van der Waals surface area contributed by atoms with E-state index in [-0.39, 0.29) is 11.9 Å². The van der Waals surface area contributed by atoms with Crippen LogP contribution >= 0.6 is 11.3 Å². The smallest absolute Gasteiger partial charge is 0.239 e. The summed E-state index contributed by atoms with van der Waals surface area (Å²) in [6.07, 6.45) is 0. The summed E-state index contributed by atoms with van der Waals surface area (Å²) in [6, 6.07) is 1.83. The molecule has 1 amide bonds. The van der Waals surface area contributed by atoms with E-state index in [2.05, 4.69) is 18.4 Å². The molecule has 0 bridgehead atoms. The first-order chi connectivity index (χ1) is 7.43. The van der Waals surface area contributed by atoms with Gasteiger partial charge in [-0.3, -0.25) is 4.79 Å². The molecule has 4 heteroatoms. The van der Waals surface area contributed by atoms with Crippen molar-refractivity contribution in [3.63, 3.8) is 0 Å². The largest absolute Gasteiger partial charge is 0.334 e. The van der Waals surface area contributed by atoms with Gasteiger partial charge in [-0.2, -0.15) is 0 Å². The lowest BCUT2D eigenvalue weighted by atomic mass is 10.2. The van der Waals surface area contributed by atoms with Crippen molar-refractivity contribution >= 4 is 17.2 Å². The van der Waals surface area contributed by atoms with E-state index in [4.69, 9.17) is 5.73 Å². The third kappa shape index (κ3) is 3.06. The topological polar surface area (TPSA) is 46.3 Å². The van der Waals surface area contributed by atoms with Crippen molar-refractivity contribution in [3.05, 3.63) is 21.9 Å². The SMILES string of the molecule is Cc1ccsc1CN(C(=O)C(C)N)C(C)C. The van der Waals surface area contributed by atoms with E-state index >= 15 is 0 Å². The van der Waals surface area contributed by atoms with Crippen molar-refractivity contribution in [1.82, 2.24) is 4.90 Å². The molecule has 0 aliphatic rings. The van der Waals surface area contributed by atoms with Crippen LogP contribution in [-0.2, 0) is 11.3 Å². The Labute approximate surface area is 101 Å². The van der Waals surface area contributed by atoms with Gasteiger partial charge in [0.1, 0.15) is 0 Å². The van der Waals surface area contributed by atoms with E-state index in [1.54, 1.807) is 18.3 Å². The molecule has 3 nitrogen and oxygen atoms in total. The fourth-order valence-corrected chi connectivity index (χ4v) is 2.40. The van der Waals surface area contributed by atoms with Crippen LogP contribution in [0.1, 0.15) is 31.2 Å². The lowest BCUT2D eigenvalue weighted by Crippen LogP contribution is -2.45. The summed E-state index contributed by atoms with van der Waals surface area (Å²) in [5.74, 6) is 0.0165. The van der Waals surface area contributed by atoms with Crippen LogP contribution in [0.2, 0.25) is 0 Å². The van der Waals surface area contributed by atoms with Gasteiger partial charge < -0.3 is 10.6 Å². The molecule has 1 atom stereocenters. The maximum absolute atomic E-state index is 11.9. The van der Waals surface area contributed by atoms with Gasteiger partial charge >= 0.3 is 0 Å². The second-order valence-corrected chi connectivity index (χ2v) is 5.38. The van der Waals surface area contributed by atoms with E-state index in [9.17, 15) is 4.79 Å². The Morgan fingerprint density at radius 3 is 2.50 bits per heavy atom. The molecule has 1 heterocycles. The molecule has 2 N–H and O–H groups in total. The number of hydrogen-bond donors (Lipinski definition) is 1. The summed E-state index contributed by atoms with van der Waals surface area (Å²) in [5.41, 5.74) is 6.90. The van der Waals surface area contributed by atoms with Gasteiger partial charge in [0.25, 0.3) is 0 Å². The number of carbonyl (C=O) groups is 1. The molecule has 0 saturated carbocycles. The molecule has 16 heavy (non-hydrogen) atoms. The first-order valence-corrected chi connectivity index (χ1v) is 6.40. The van der Waals surface area contributed by atoms with Crippen LogP contribution in [0.4, 0.5) is 0 Å². The molecule has 0 aliphatic carbocycles. The Balaban J connectivity index is 2.81. The van der Waals surface area contributed by atoms with Gasteiger partial charge in [-0.05, 0) is 44.7 Å². The molecule has 0 aromatic carbocycles. The molecule has 0 radical (unpaired) electrons. The number of nitrogens with two attached hydrogens (primary N) is 1. The molecule has 1 aromatic rings. The molecule has 0 saturated heterocycles. The van der Waals surface area contributed by atoms with Gasteiger partial charge in [0, 0.05) is 10.9 Å². The number of rotatable bonds is 4. The number of thiophene rings is 1. The summed E-state index contributed by atoms with van der Waals surface area (Å²) in [6.45, 7) is 8.51. The van der Waals surface area contributed by atoms with E-state index in [1.165, 1.54) is 10.4 Å². The first kappa shape index (κ1) is 13.2. The summed E-state index contributed by atoms with van der Waals surface area (Å²) >= 11 is 1.69. The van der Waals surface area contributed by atoms with E-state index in [1.807, 2.05) is 18.7 Å². The molecule has 0 spiro atoms. The predicted octanol–water partition coefficient (Wildman–Crippen LogP) is 2.14. The van der Waals surface area contributed by atoms with Gasteiger partial charge in [-0.15, -0.1) is 11.3 Å². The summed E-state index contributed by atoms with van der Waals surface area (Å²) in [7, 11) is 0. The highest BCUT2D eigenvalue weighted by atomic mass is 32.1. The average molecular weight is 240 g/mol. The fraction of sp³-hybridized carbons (Fsp3) is 0.583. The molecule has 0 fully saturated rings. The third-order valence-corrected chi connectivity index (χ3v) is 3.59. The van der Waals surface area contributed by atoms with Crippen LogP contribution < -0.4 is 5.73 Å². The monoisotopic (exact) mass is 240 g/mol. The van der Waals surface area contributed by atoms with Crippen molar-refractivity contribution in [2.24, 2.45) is 5.73 Å². The third-order valence-electron chi connectivity index (χ3n) is 2.58. The molecule has 0 aliphatic heterocycles. The summed E-state index contributed by atoms with van der Waals surface area (Å²) in [4.78, 5) is 15.0. The predicted molar refractivity (Wildman–Crippen MR) is 68.4 cm³/mol. The van der Waals surface area contributed by atoms with Crippen molar-refractivity contribution in [3.8, 4) is 0 Å². The summed E-state index contributed by atoms with van der Waals surface area (Å²) < 4.78 is 0. The van der Waals surface area contributed by atoms with Crippen molar-refractivity contribution in [1.29, 1.82) is 0 Å². The number of carbonyl (C=O) groups excluding carboxylic acids is 1. The van der Waals surface area contributed by atoms with Gasteiger partial charge in [-0.1, -0.05) is 0 Å². The highest BCUT2D eigenvalue weighted by molar-refractivity contribution is 7.10. The van der Waals surface area contributed by atoms with E-state index < -0.39 is 6.04 Å². The second-order valence-electron chi connectivity index (χ2n) is 4.38.